The quantitative estimate of drug-likeness (QED) is 0.696. The molecule has 1 N–H and O–H groups in total. The van der Waals surface area contributed by atoms with Gasteiger partial charge in [-0.2, -0.15) is 0 Å². The number of urea groups is 1. The van der Waals surface area contributed by atoms with E-state index in [2.05, 4.69) is 12.2 Å². The molecule has 2 aromatic rings. The zero-order valence-electron chi connectivity index (χ0n) is 17.5. The second-order valence-electron chi connectivity index (χ2n) is 8.10. The summed E-state index contributed by atoms with van der Waals surface area (Å²) < 4.78 is 13.7. The van der Waals surface area contributed by atoms with Gasteiger partial charge in [-0.3, -0.25) is 9.59 Å². The van der Waals surface area contributed by atoms with Crippen molar-refractivity contribution in [2.24, 2.45) is 0 Å². The van der Waals surface area contributed by atoms with E-state index in [0.717, 1.165) is 42.6 Å². The molecule has 4 rings (SSSR count). The molecule has 1 aliphatic carbocycles. The summed E-state index contributed by atoms with van der Waals surface area (Å²) >= 11 is 0. The Balaban J connectivity index is 1.56. The van der Waals surface area contributed by atoms with Gasteiger partial charge >= 0.3 is 6.03 Å². The Labute approximate surface area is 181 Å². The van der Waals surface area contributed by atoms with Crippen LogP contribution >= 0.6 is 0 Å². The van der Waals surface area contributed by atoms with Crippen LogP contribution in [-0.2, 0) is 16.0 Å². The van der Waals surface area contributed by atoms with Gasteiger partial charge in [0.1, 0.15) is 11.9 Å². The Bertz CT molecular complexity index is 986. The Hall–Kier alpha value is -3.22. The minimum Gasteiger partial charge on any atom is -0.326 e. The minimum absolute atomic E-state index is 0.0864. The number of halogens is 1. The van der Waals surface area contributed by atoms with Crippen molar-refractivity contribution in [1.29, 1.82) is 0 Å². The van der Waals surface area contributed by atoms with Gasteiger partial charge in [-0.25, -0.2) is 14.1 Å². The molecule has 1 saturated heterocycles. The number of imide groups is 1. The third kappa shape index (κ3) is 4.31. The highest BCUT2D eigenvalue weighted by atomic mass is 19.1. The first-order valence-corrected chi connectivity index (χ1v) is 10.8. The second kappa shape index (κ2) is 8.88. The van der Waals surface area contributed by atoms with E-state index in [9.17, 15) is 18.8 Å². The Kier molecular flexibility index (Phi) is 6.02. The van der Waals surface area contributed by atoms with Gasteiger partial charge < -0.3 is 10.2 Å². The van der Waals surface area contributed by atoms with Gasteiger partial charge in [-0.05, 0) is 55.2 Å². The summed E-state index contributed by atoms with van der Waals surface area (Å²) in [4.78, 5) is 41.7. The molecule has 162 valence electrons. The van der Waals surface area contributed by atoms with Crippen LogP contribution in [0.2, 0.25) is 0 Å². The van der Waals surface area contributed by atoms with Crippen molar-refractivity contribution in [1.82, 2.24) is 4.90 Å². The lowest BCUT2D eigenvalue weighted by molar-refractivity contribution is -0.124. The number of rotatable bonds is 6. The first-order chi connectivity index (χ1) is 15.0. The maximum Gasteiger partial charge on any atom is 0.332 e. The normalized spacial score (nSPS) is 19.4. The molecular formula is C24H26FN3O3. The average molecular weight is 423 g/mol. The van der Waals surface area contributed by atoms with Crippen LogP contribution in [0, 0.1) is 5.82 Å². The topological polar surface area (TPSA) is 69.7 Å². The molecule has 6 nitrogen and oxygen atoms in total. The first kappa shape index (κ1) is 21.0. The number of amides is 4. The van der Waals surface area contributed by atoms with Crippen molar-refractivity contribution in [2.75, 3.05) is 10.2 Å². The maximum absolute atomic E-state index is 13.7. The van der Waals surface area contributed by atoms with E-state index < -0.39 is 23.8 Å². The summed E-state index contributed by atoms with van der Waals surface area (Å²) in [6, 6.07) is 11.5. The Morgan fingerprint density at radius 3 is 2.45 bits per heavy atom. The summed E-state index contributed by atoms with van der Waals surface area (Å²) in [5, 5.41) is 2.82. The van der Waals surface area contributed by atoms with Gasteiger partial charge in [0.05, 0.1) is 12.1 Å². The van der Waals surface area contributed by atoms with Gasteiger partial charge in [0, 0.05) is 11.7 Å². The van der Waals surface area contributed by atoms with Crippen LogP contribution in [0.5, 0.6) is 0 Å². The molecule has 2 fully saturated rings. The molecule has 4 amide bonds. The number of carbonyl (C=O) groups is 3. The fourth-order valence-electron chi connectivity index (χ4n) is 4.45. The lowest BCUT2D eigenvalue weighted by atomic mass is 10.1. The molecule has 1 heterocycles. The minimum atomic E-state index is -0.895. The number of anilines is 2. The number of hydrogen-bond donors (Lipinski definition) is 1. The summed E-state index contributed by atoms with van der Waals surface area (Å²) in [5.41, 5.74) is 2.00. The monoisotopic (exact) mass is 423 g/mol. The van der Waals surface area contributed by atoms with Crippen LogP contribution in [0.3, 0.4) is 0 Å². The van der Waals surface area contributed by atoms with E-state index in [0.29, 0.717) is 5.69 Å². The van der Waals surface area contributed by atoms with Gasteiger partial charge in [0.2, 0.25) is 5.91 Å². The van der Waals surface area contributed by atoms with Crippen LogP contribution in [0.4, 0.5) is 20.6 Å². The number of carbonyl (C=O) groups excluding carboxylic acids is 3. The molecule has 0 radical (unpaired) electrons. The third-order valence-electron chi connectivity index (χ3n) is 6.06. The summed E-state index contributed by atoms with van der Waals surface area (Å²) in [5.74, 6) is -1.35. The van der Waals surface area contributed by atoms with E-state index in [-0.39, 0.29) is 24.1 Å². The van der Waals surface area contributed by atoms with Gasteiger partial charge in [-0.1, -0.05) is 38.0 Å². The highest BCUT2D eigenvalue weighted by Crippen LogP contribution is 2.34. The average Bonchev–Trinajstić information content (AvgIpc) is 3.35. The number of benzene rings is 2. The highest BCUT2D eigenvalue weighted by molar-refractivity contribution is 6.22. The van der Waals surface area contributed by atoms with Crippen molar-refractivity contribution in [3.8, 4) is 0 Å². The van der Waals surface area contributed by atoms with Crippen molar-refractivity contribution in [3.63, 3.8) is 0 Å². The second-order valence-corrected chi connectivity index (χ2v) is 8.10. The lowest BCUT2D eigenvalue weighted by Gasteiger charge is -2.27. The molecule has 1 atom stereocenters. The SMILES string of the molecule is CCc1ccc(NC(=O)C[C@@H]2C(=O)N(c3cccc(F)c3)C(=O)N2C2CCCC2)cc1. The molecule has 1 saturated carbocycles. The lowest BCUT2D eigenvalue weighted by Crippen LogP contribution is -2.43. The zero-order chi connectivity index (χ0) is 22.0. The van der Waals surface area contributed by atoms with Crippen LogP contribution in [0.15, 0.2) is 48.5 Å². The van der Waals surface area contributed by atoms with E-state index in [1.807, 2.05) is 24.3 Å². The summed E-state index contributed by atoms with van der Waals surface area (Å²) in [6.07, 6.45) is 4.32. The molecule has 0 spiro atoms. The smallest absolute Gasteiger partial charge is 0.326 e. The predicted molar refractivity (Wildman–Crippen MR) is 116 cm³/mol. The Morgan fingerprint density at radius 2 is 1.81 bits per heavy atom. The van der Waals surface area contributed by atoms with Gasteiger partial charge in [0.15, 0.2) is 0 Å². The number of nitrogens with zero attached hydrogens (tertiary/aromatic N) is 2. The van der Waals surface area contributed by atoms with Crippen LogP contribution in [-0.4, -0.2) is 34.8 Å². The molecule has 0 bridgehead atoms. The number of hydrogen-bond acceptors (Lipinski definition) is 3. The zero-order valence-corrected chi connectivity index (χ0v) is 17.5. The standard InChI is InChI=1S/C24H26FN3O3/c1-2-16-10-12-18(13-11-16)26-22(29)15-21-23(30)28(20-9-5-6-17(25)14-20)24(31)27(21)19-7-3-4-8-19/h5-6,9-14,19,21H,2-4,7-8,15H2,1H3,(H,26,29)/t21-/m1/s1. The summed E-state index contributed by atoms with van der Waals surface area (Å²) in [6.45, 7) is 2.05. The van der Waals surface area contributed by atoms with Crippen molar-refractivity contribution >= 4 is 29.2 Å². The summed E-state index contributed by atoms with van der Waals surface area (Å²) in [7, 11) is 0. The molecule has 7 heteroatoms. The Morgan fingerprint density at radius 1 is 1.10 bits per heavy atom. The van der Waals surface area contributed by atoms with Crippen molar-refractivity contribution in [2.45, 2.75) is 57.5 Å². The number of nitrogens with one attached hydrogen (secondary N) is 1. The molecule has 2 aliphatic rings. The third-order valence-corrected chi connectivity index (χ3v) is 6.06. The molecule has 0 aromatic heterocycles. The highest BCUT2D eigenvalue weighted by Gasteiger charge is 2.49. The molecule has 0 unspecified atom stereocenters. The molecule has 2 aromatic carbocycles. The van der Waals surface area contributed by atoms with Crippen LogP contribution in [0.1, 0.15) is 44.6 Å². The largest absolute Gasteiger partial charge is 0.332 e. The van der Waals surface area contributed by atoms with Gasteiger partial charge in [0.25, 0.3) is 5.91 Å². The van der Waals surface area contributed by atoms with E-state index in [4.69, 9.17) is 0 Å². The molecule has 1 aliphatic heterocycles. The van der Waals surface area contributed by atoms with E-state index in [1.54, 1.807) is 4.90 Å². The molecular weight excluding hydrogens is 397 g/mol. The number of aryl methyl sites for hydroxylation is 1. The fourth-order valence-corrected chi connectivity index (χ4v) is 4.45. The maximum atomic E-state index is 13.7. The van der Waals surface area contributed by atoms with E-state index in [1.165, 1.54) is 24.3 Å². The van der Waals surface area contributed by atoms with Gasteiger partial charge in [-0.15, -0.1) is 0 Å². The predicted octanol–water partition coefficient (Wildman–Crippen LogP) is 4.50. The van der Waals surface area contributed by atoms with Crippen LogP contribution in [0.25, 0.3) is 0 Å². The van der Waals surface area contributed by atoms with E-state index >= 15 is 0 Å². The van der Waals surface area contributed by atoms with Crippen molar-refractivity contribution in [3.05, 3.63) is 59.9 Å². The van der Waals surface area contributed by atoms with Crippen molar-refractivity contribution < 1.29 is 18.8 Å². The van der Waals surface area contributed by atoms with Crippen LogP contribution < -0.4 is 10.2 Å². The fraction of sp³-hybridized carbons (Fsp3) is 0.375. The first-order valence-electron chi connectivity index (χ1n) is 10.8. The molecule has 31 heavy (non-hydrogen) atoms.